The van der Waals surface area contributed by atoms with Gasteiger partial charge in [-0.05, 0) is 64.9 Å². The van der Waals surface area contributed by atoms with Gasteiger partial charge in [-0.2, -0.15) is 0 Å². The van der Waals surface area contributed by atoms with Gasteiger partial charge in [-0.25, -0.2) is 4.79 Å². The molecular formula is C24H36N2O2. The molecule has 2 fully saturated rings. The highest BCUT2D eigenvalue weighted by Crippen LogP contribution is 2.51. The number of hydrogen-bond donors (Lipinski definition) is 1. The van der Waals surface area contributed by atoms with Crippen molar-refractivity contribution in [1.29, 1.82) is 0 Å². The number of nitrogens with zero attached hydrogens (tertiary/aromatic N) is 1. The van der Waals surface area contributed by atoms with Gasteiger partial charge in [0.25, 0.3) is 0 Å². The standard InChI is InChI=1S/C24H36N2O2/c1-6-24(17-21(24)18(2)16-19-10-8-7-9-11-19)25-20-12-14-26(15-13-20)22(27)28-23(3,4)5/h7-11,16,20-21,25H,6,12-15,17H2,1-5H3. The minimum atomic E-state index is -0.428. The molecule has 0 bridgehead atoms. The first kappa shape index (κ1) is 20.9. The topological polar surface area (TPSA) is 41.6 Å². The van der Waals surface area contributed by atoms with Crippen molar-refractivity contribution in [3.8, 4) is 0 Å². The molecule has 1 aliphatic heterocycles. The van der Waals surface area contributed by atoms with Crippen molar-refractivity contribution in [2.24, 2.45) is 5.92 Å². The average molecular weight is 385 g/mol. The molecule has 1 saturated heterocycles. The summed E-state index contributed by atoms with van der Waals surface area (Å²) in [5.74, 6) is 0.613. The third-order valence-corrected chi connectivity index (χ3v) is 6.09. The molecule has 0 spiro atoms. The Morgan fingerprint density at radius 1 is 1.25 bits per heavy atom. The predicted octanol–water partition coefficient (Wildman–Crippen LogP) is 5.25. The fourth-order valence-corrected chi connectivity index (χ4v) is 4.41. The van der Waals surface area contributed by atoms with E-state index in [-0.39, 0.29) is 11.6 Å². The number of rotatable bonds is 5. The van der Waals surface area contributed by atoms with Crippen LogP contribution in [0.5, 0.6) is 0 Å². The minimum Gasteiger partial charge on any atom is -0.444 e. The van der Waals surface area contributed by atoms with E-state index in [0.717, 1.165) is 32.4 Å². The number of carbonyl (C=O) groups is 1. The van der Waals surface area contributed by atoms with Crippen LogP contribution >= 0.6 is 0 Å². The van der Waals surface area contributed by atoms with Gasteiger partial charge in [-0.1, -0.05) is 48.9 Å². The smallest absolute Gasteiger partial charge is 0.410 e. The Balaban J connectivity index is 1.53. The Morgan fingerprint density at radius 3 is 2.46 bits per heavy atom. The van der Waals surface area contributed by atoms with E-state index < -0.39 is 5.60 Å². The van der Waals surface area contributed by atoms with Crippen molar-refractivity contribution in [2.45, 2.75) is 77.5 Å². The quantitative estimate of drug-likeness (QED) is 0.754. The molecule has 0 aromatic heterocycles. The highest BCUT2D eigenvalue weighted by atomic mass is 16.6. The number of ether oxygens (including phenoxy) is 1. The van der Waals surface area contributed by atoms with Crippen molar-refractivity contribution in [3.63, 3.8) is 0 Å². The summed E-state index contributed by atoms with van der Waals surface area (Å²) in [5, 5.41) is 3.96. The summed E-state index contributed by atoms with van der Waals surface area (Å²) in [7, 11) is 0. The molecule has 28 heavy (non-hydrogen) atoms. The number of nitrogens with one attached hydrogen (secondary N) is 1. The number of hydrogen-bond acceptors (Lipinski definition) is 3. The normalized spacial score (nSPS) is 26.2. The van der Waals surface area contributed by atoms with Gasteiger partial charge < -0.3 is 15.0 Å². The maximum atomic E-state index is 12.3. The van der Waals surface area contributed by atoms with Gasteiger partial charge in [0.05, 0.1) is 0 Å². The third kappa shape index (κ3) is 5.16. The average Bonchev–Trinajstić information content (AvgIpc) is 3.36. The molecular weight excluding hydrogens is 348 g/mol. The van der Waals surface area contributed by atoms with E-state index in [1.54, 1.807) is 0 Å². The van der Waals surface area contributed by atoms with E-state index in [0.29, 0.717) is 12.0 Å². The van der Waals surface area contributed by atoms with E-state index in [1.807, 2.05) is 25.7 Å². The molecule has 4 nitrogen and oxygen atoms in total. The summed E-state index contributed by atoms with van der Waals surface area (Å²) in [6, 6.07) is 11.1. The molecule has 154 valence electrons. The number of amides is 1. The molecule has 1 aromatic rings. The first-order valence-corrected chi connectivity index (χ1v) is 10.7. The maximum Gasteiger partial charge on any atom is 0.410 e. The summed E-state index contributed by atoms with van der Waals surface area (Å²) < 4.78 is 5.51. The van der Waals surface area contributed by atoms with Gasteiger partial charge in [0.1, 0.15) is 5.60 Å². The Morgan fingerprint density at radius 2 is 1.89 bits per heavy atom. The van der Waals surface area contributed by atoms with Crippen LogP contribution in [0, 0.1) is 5.92 Å². The van der Waals surface area contributed by atoms with Gasteiger partial charge >= 0.3 is 6.09 Å². The zero-order valence-electron chi connectivity index (χ0n) is 18.1. The lowest BCUT2D eigenvalue weighted by Crippen LogP contribution is -2.50. The van der Waals surface area contributed by atoms with E-state index in [1.165, 1.54) is 17.6 Å². The highest BCUT2D eigenvalue weighted by Gasteiger charge is 2.54. The monoisotopic (exact) mass is 384 g/mol. The van der Waals surface area contributed by atoms with Crippen molar-refractivity contribution in [3.05, 3.63) is 41.5 Å². The zero-order chi connectivity index (χ0) is 20.4. The summed E-state index contributed by atoms with van der Waals surface area (Å²) in [6.07, 6.45) is 6.50. The van der Waals surface area contributed by atoms with Gasteiger partial charge in [-0.15, -0.1) is 0 Å². The van der Waals surface area contributed by atoms with Crippen LogP contribution in [0.15, 0.2) is 35.9 Å². The van der Waals surface area contributed by atoms with Crippen LogP contribution in [0.25, 0.3) is 6.08 Å². The van der Waals surface area contributed by atoms with E-state index >= 15 is 0 Å². The van der Waals surface area contributed by atoms with E-state index in [2.05, 4.69) is 55.6 Å². The number of likely N-dealkylation sites (tertiary alicyclic amines) is 1. The molecule has 2 atom stereocenters. The van der Waals surface area contributed by atoms with E-state index in [9.17, 15) is 4.79 Å². The van der Waals surface area contributed by atoms with Crippen LogP contribution in [0.3, 0.4) is 0 Å². The largest absolute Gasteiger partial charge is 0.444 e. The summed E-state index contributed by atoms with van der Waals surface area (Å²) >= 11 is 0. The minimum absolute atomic E-state index is 0.179. The first-order valence-electron chi connectivity index (χ1n) is 10.7. The first-order chi connectivity index (χ1) is 13.2. The molecule has 4 heteroatoms. The maximum absolute atomic E-state index is 12.3. The fraction of sp³-hybridized carbons (Fsp3) is 0.625. The molecule has 1 aromatic carbocycles. The molecule has 1 saturated carbocycles. The van der Waals surface area contributed by atoms with Crippen LogP contribution in [0.1, 0.15) is 65.9 Å². The lowest BCUT2D eigenvalue weighted by atomic mass is 9.99. The van der Waals surface area contributed by atoms with Crippen LogP contribution < -0.4 is 5.32 Å². The predicted molar refractivity (Wildman–Crippen MR) is 115 cm³/mol. The van der Waals surface area contributed by atoms with Gasteiger partial charge in [-0.3, -0.25) is 0 Å². The molecule has 3 rings (SSSR count). The zero-order valence-corrected chi connectivity index (χ0v) is 18.1. The lowest BCUT2D eigenvalue weighted by Gasteiger charge is -2.35. The molecule has 1 amide bonds. The van der Waals surface area contributed by atoms with Crippen molar-refractivity contribution in [1.82, 2.24) is 10.2 Å². The van der Waals surface area contributed by atoms with Crippen molar-refractivity contribution in [2.75, 3.05) is 13.1 Å². The van der Waals surface area contributed by atoms with Crippen molar-refractivity contribution >= 4 is 12.2 Å². The Hall–Kier alpha value is -1.81. The SMILES string of the molecule is CCC1(NC2CCN(C(=O)OC(C)(C)C)CC2)CC1C(C)=Cc1ccccc1. The molecule has 0 radical (unpaired) electrons. The van der Waals surface area contributed by atoms with Crippen LogP contribution in [0.4, 0.5) is 4.79 Å². The molecule has 1 heterocycles. The molecule has 1 N–H and O–H groups in total. The summed E-state index contributed by atoms with van der Waals surface area (Å²) in [4.78, 5) is 14.1. The fourth-order valence-electron chi connectivity index (χ4n) is 4.41. The van der Waals surface area contributed by atoms with Gasteiger partial charge in [0.2, 0.25) is 0 Å². The van der Waals surface area contributed by atoms with Crippen LogP contribution in [0.2, 0.25) is 0 Å². The number of carbonyl (C=O) groups excluding carboxylic acids is 1. The van der Waals surface area contributed by atoms with E-state index in [4.69, 9.17) is 4.74 Å². The summed E-state index contributed by atoms with van der Waals surface area (Å²) in [5.41, 5.74) is 2.55. The van der Waals surface area contributed by atoms with Crippen molar-refractivity contribution < 1.29 is 9.53 Å². The molecule has 2 aliphatic rings. The highest BCUT2D eigenvalue weighted by molar-refractivity contribution is 5.68. The van der Waals surface area contributed by atoms with Gasteiger partial charge in [0, 0.05) is 24.7 Å². The number of piperidine rings is 1. The second kappa shape index (κ2) is 8.28. The Kier molecular flexibility index (Phi) is 6.18. The second-order valence-electron chi connectivity index (χ2n) is 9.45. The Bertz CT molecular complexity index is 699. The lowest BCUT2D eigenvalue weighted by molar-refractivity contribution is 0.0194. The van der Waals surface area contributed by atoms with Crippen LogP contribution in [-0.2, 0) is 4.74 Å². The third-order valence-electron chi connectivity index (χ3n) is 6.09. The van der Waals surface area contributed by atoms with Gasteiger partial charge in [0.15, 0.2) is 0 Å². The van der Waals surface area contributed by atoms with Crippen LogP contribution in [-0.4, -0.2) is 41.3 Å². The molecule has 1 aliphatic carbocycles. The Labute approximate surface area is 170 Å². The summed E-state index contributed by atoms with van der Waals surface area (Å²) in [6.45, 7) is 11.9. The second-order valence-corrected chi connectivity index (χ2v) is 9.45. The molecule has 2 unspecified atom stereocenters. The number of benzene rings is 1.